The lowest BCUT2D eigenvalue weighted by molar-refractivity contribution is 0.0271. The van der Waals surface area contributed by atoms with Crippen LogP contribution >= 0.6 is 0 Å². The largest absolute Gasteiger partial charge is 0.373 e. The zero-order valence-electron chi connectivity index (χ0n) is 13.1. The van der Waals surface area contributed by atoms with E-state index in [9.17, 15) is 0 Å². The second-order valence-corrected chi connectivity index (χ2v) is 5.79. The molecular weight excluding hydrogens is 290 g/mol. The molecule has 2 aromatic heterocycles. The molecule has 0 saturated carbocycles. The minimum absolute atomic E-state index is 0.108. The van der Waals surface area contributed by atoms with Gasteiger partial charge in [-0.2, -0.15) is 5.10 Å². The molecular formula is C17H19N5O. The summed E-state index contributed by atoms with van der Waals surface area (Å²) in [5.74, 6) is 0.956. The lowest BCUT2D eigenvalue weighted by atomic mass is 10.2. The van der Waals surface area contributed by atoms with Crippen LogP contribution in [0.1, 0.15) is 5.69 Å². The van der Waals surface area contributed by atoms with Crippen molar-refractivity contribution in [1.82, 2.24) is 19.7 Å². The lowest BCUT2D eigenvalue weighted by Gasteiger charge is -2.34. The molecule has 3 aromatic rings. The summed E-state index contributed by atoms with van der Waals surface area (Å²) in [5.41, 5.74) is 2.83. The highest BCUT2D eigenvalue weighted by Gasteiger charge is 2.23. The van der Waals surface area contributed by atoms with Gasteiger partial charge in [-0.3, -0.25) is 4.68 Å². The molecule has 4 rings (SSSR count). The van der Waals surface area contributed by atoms with Crippen LogP contribution in [0.15, 0.2) is 42.7 Å². The summed E-state index contributed by atoms with van der Waals surface area (Å²) in [6.07, 6.45) is 3.86. The highest BCUT2D eigenvalue weighted by molar-refractivity contribution is 5.76. The van der Waals surface area contributed by atoms with E-state index in [-0.39, 0.29) is 6.10 Å². The fraction of sp³-hybridized carbons (Fsp3) is 0.353. The van der Waals surface area contributed by atoms with Gasteiger partial charge >= 0.3 is 0 Å². The van der Waals surface area contributed by atoms with Crippen molar-refractivity contribution in [1.29, 1.82) is 0 Å². The minimum Gasteiger partial charge on any atom is -0.373 e. The number of aryl methyl sites for hydroxylation is 1. The topological polar surface area (TPSA) is 56.1 Å². The molecule has 23 heavy (non-hydrogen) atoms. The minimum atomic E-state index is 0.108. The van der Waals surface area contributed by atoms with Gasteiger partial charge in [0.15, 0.2) is 5.82 Å². The number of benzene rings is 1. The zero-order chi connectivity index (χ0) is 15.6. The van der Waals surface area contributed by atoms with Crippen LogP contribution in [0.5, 0.6) is 0 Å². The van der Waals surface area contributed by atoms with E-state index in [1.54, 1.807) is 6.20 Å². The van der Waals surface area contributed by atoms with Gasteiger partial charge in [-0.25, -0.2) is 9.97 Å². The SMILES string of the molecule is Cc1nc2ccccc2nc1N1CCOC(Cn2cccn2)C1. The molecule has 0 aliphatic carbocycles. The van der Waals surface area contributed by atoms with Crippen molar-refractivity contribution >= 4 is 16.9 Å². The number of hydrogen-bond donors (Lipinski definition) is 0. The molecule has 1 fully saturated rings. The Kier molecular flexibility index (Phi) is 3.67. The lowest BCUT2D eigenvalue weighted by Crippen LogP contribution is -2.45. The molecule has 6 nitrogen and oxygen atoms in total. The average molecular weight is 309 g/mol. The number of para-hydroxylation sites is 2. The Balaban J connectivity index is 1.58. The number of rotatable bonds is 3. The monoisotopic (exact) mass is 309 g/mol. The standard InChI is InChI=1S/C17H19N5O/c1-13-17(20-16-6-3-2-5-15(16)19-13)21-9-10-23-14(11-21)12-22-8-4-7-18-22/h2-8,14H,9-12H2,1H3. The number of aromatic nitrogens is 4. The number of morpholine rings is 1. The second-order valence-electron chi connectivity index (χ2n) is 5.79. The molecule has 3 heterocycles. The number of fused-ring (bicyclic) bond motifs is 1. The molecule has 0 amide bonds. The van der Waals surface area contributed by atoms with Gasteiger partial charge in [-0.15, -0.1) is 0 Å². The second kappa shape index (κ2) is 5.96. The maximum atomic E-state index is 5.88. The van der Waals surface area contributed by atoms with Crippen molar-refractivity contribution in [2.24, 2.45) is 0 Å². The van der Waals surface area contributed by atoms with Gasteiger partial charge in [0.25, 0.3) is 0 Å². The fourth-order valence-electron chi connectivity index (χ4n) is 3.02. The molecule has 0 spiro atoms. The molecule has 1 saturated heterocycles. The molecule has 0 bridgehead atoms. The molecule has 6 heteroatoms. The third-order valence-electron chi connectivity index (χ3n) is 4.11. The van der Waals surface area contributed by atoms with Crippen molar-refractivity contribution in [3.63, 3.8) is 0 Å². The Bertz CT molecular complexity index is 802. The Hall–Kier alpha value is -2.47. The first-order valence-electron chi connectivity index (χ1n) is 7.87. The van der Waals surface area contributed by atoms with Crippen LogP contribution in [0.2, 0.25) is 0 Å². The van der Waals surface area contributed by atoms with E-state index < -0.39 is 0 Å². The molecule has 0 radical (unpaired) electrons. The first-order chi connectivity index (χ1) is 11.3. The van der Waals surface area contributed by atoms with Crippen LogP contribution < -0.4 is 4.90 Å². The van der Waals surface area contributed by atoms with Crippen molar-refractivity contribution < 1.29 is 4.74 Å². The highest BCUT2D eigenvalue weighted by atomic mass is 16.5. The first-order valence-corrected chi connectivity index (χ1v) is 7.87. The summed E-state index contributed by atoms with van der Waals surface area (Å²) >= 11 is 0. The summed E-state index contributed by atoms with van der Waals surface area (Å²) in [4.78, 5) is 11.8. The maximum Gasteiger partial charge on any atom is 0.150 e. The van der Waals surface area contributed by atoms with E-state index in [1.165, 1.54) is 0 Å². The number of ether oxygens (including phenoxy) is 1. The molecule has 1 aliphatic rings. The van der Waals surface area contributed by atoms with Crippen molar-refractivity contribution in [3.05, 3.63) is 48.4 Å². The number of hydrogen-bond acceptors (Lipinski definition) is 5. The number of anilines is 1. The number of nitrogens with zero attached hydrogens (tertiary/aromatic N) is 5. The van der Waals surface area contributed by atoms with Gasteiger partial charge in [0.1, 0.15) is 0 Å². The van der Waals surface area contributed by atoms with Crippen molar-refractivity contribution in [2.75, 3.05) is 24.6 Å². The summed E-state index contributed by atoms with van der Waals surface area (Å²) in [5, 5.41) is 4.26. The van der Waals surface area contributed by atoms with Gasteiger partial charge in [0.05, 0.1) is 36.0 Å². The summed E-state index contributed by atoms with van der Waals surface area (Å²) in [7, 11) is 0. The summed E-state index contributed by atoms with van der Waals surface area (Å²) in [6, 6.07) is 9.92. The first kappa shape index (κ1) is 14.1. The van der Waals surface area contributed by atoms with Crippen LogP contribution in [0.4, 0.5) is 5.82 Å². The zero-order valence-corrected chi connectivity index (χ0v) is 13.1. The molecule has 1 unspecified atom stereocenters. The van der Waals surface area contributed by atoms with E-state index in [0.717, 1.165) is 42.2 Å². The molecule has 1 aromatic carbocycles. The summed E-state index contributed by atoms with van der Waals surface area (Å²) < 4.78 is 7.79. The van der Waals surface area contributed by atoms with E-state index >= 15 is 0 Å². The predicted molar refractivity (Wildman–Crippen MR) is 88.5 cm³/mol. The van der Waals surface area contributed by atoms with E-state index in [4.69, 9.17) is 9.72 Å². The third-order valence-corrected chi connectivity index (χ3v) is 4.11. The smallest absolute Gasteiger partial charge is 0.150 e. The van der Waals surface area contributed by atoms with Gasteiger partial charge < -0.3 is 9.64 Å². The van der Waals surface area contributed by atoms with Crippen LogP contribution in [-0.4, -0.2) is 45.5 Å². The predicted octanol–water partition coefficient (Wildman–Crippen LogP) is 2.04. The molecule has 1 atom stereocenters. The Morgan fingerprint density at radius 2 is 2.00 bits per heavy atom. The normalized spacial score (nSPS) is 18.5. The van der Waals surface area contributed by atoms with Gasteiger partial charge in [0.2, 0.25) is 0 Å². The third kappa shape index (κ3) is 2.90. The van der Waals surface area contributed by atoms with Crippen molar-refractivity contribution in [2.45, 2.75) is 19.6 Å². The molecule has 1 aliphatic heterocycles. The van der Waals surface area contributed by atoms with Crippen LogP contribution in [0, 0.1) is 6.92 Å². The Morgan fingerprint density at radius 3 is 2.78 bits per heavy atom. The average Bonchev–Trinajstić information content (AvgIpc) is 3.07. The highest BCUT2D eigenvalue weighted by Crippen LogP contribution is 2.22. The van der Waals surface area contributed by atoms with Crippen molar-refractivity contribution in [3.8, 4) is 0 Å². The van der Waals surface area contributed by atoms with E-state index in [0.29, 0.717) is 6.61 Å². The molecule has 118 valence electrons. The van der Waals surface area contributed by atoms with Crippen LogP contribution in [0.25, 0.3) is 11.0 Å². The van der Waals surface area contributed by atoms with Gasteiger partial charge in [-0.1, -0.05) is 12.1 Å². The maximum absolute atomic E-state index is 5.88. The Morgan fingerprint density at radius 1 is 1.17 bits per heavy atom. The Labute approximate surface area is 134 Å². The fourth-order valence-corrected chi connectivity index (χ4v) is 3.02. The van der Waals surface area contributed by atoms with Crippen LogP contribution in [0.3, 0.4) is 0 Å². The van der Waals surface area contributed by atoms with E-state index in [1.807, 2.05) is 48.1 Å². The van der Waals surface area contributed by atoms with Crippen LogP contribution in [-0.2, 0) is 11.3 Å². The van der Waals surface area contributed by atoms with Gasteiger partial charge in [-0.05, 0) is 25.1 Å². The summed E-state index contributed by atoms with van der Waals surface area (Å²) in [6.45, 7) is 5.10. The molecule has 0 N–H and O–H groups in total. The van der Waals surface area contributed by atoms with E-state index in [2.05, 4.69) is 15.0 Å². The van der Waals surface area contributed by atoms with Gasteiger partial charge in [0, 0.05) is 25.5 Å². The quantitative estimate of drug-likeness (QED) is 0.741.